The Kier molecular flexibility index (Phi) is 4.21. The minimum absolute atomic E-state index is 0.0242. The SMILES string of the molecule is COC1=CC(c2csc(NC(=O)c3cncs3)n2)CC=C1O. The number of hydrogen-bond acceptors (Lipinski definition) is 7. The number of nitrogens with zero attached hydrogens (tertiary/aromatic N) is 2. The smallest absolute Gasteiger partial charge is 0.269 e. The van der Waals surface area contributed by atoms with Crippen LogP contribution in [0.2, 0.25) is 0 Å². The van der Waals surface area contributed by atoms with E-state index < -0.39 is 0 Å². The van der Waals surface area contributed by atoms with E-state index in [9.17, 15) is 9.90 Å². The maximum atomic E-state index is 12.0. The highest BCUT2D eigenvalue weighted by Crippen LogP contribution is 2.32. The van der Waals surface area contributed by atoms with Gasteiger partial charge in [0.2, 0.25) is 0 Å². The van der Waals surface area contributed by atoms with Crippen molar-refractivity contribution in [2.45, 2.75) is 12.3 Å². The van der Waals surface area contributed by atoms with E-state index in [2.05, 4.69) is 15.3 Å². The third-order valence-corrected chi connectivity index (χ3v) is 4.72. The number of nitrogens with one attached hydrogen (secondary N) is 1. The molecular formula is C14H13N3O3S2. The first kappa shape index (κ1) is 14.7. The van der Waals surface area contributed by atoms with Crippen molar-refractivity contribution in [2.24, 2.45) is 0 Å². The molecule has 0 saturated carbocycles. The lowest BCUT2D eigenvalue weighted by Gasteiger charge is -2.16. The number of ether oxygens (including phenoxy) is 1. The molecule has 0 spiro atoms. The number of allylic oxidation sites excluding steroid dienone is 2. The van der Waals surface area contributed by atoms with Gasteiger partial charge >= 0.3 is 0 Å². The van der Waals surface area contributed by atoms with Gasteiger partial charge in [-0.15, -0.1) is 22.7 Å². The van der Waals surface area contributed by atoms with E-state index in [0.717, 1.165) is 5.69 Å². The maximum Gasteiger partial charge on any atom is 0.269 e. The Balaban J connectivity index is 1.72. The highest BCUT2D eigenvalue weighted by atomic mass is 32.1. The Labute approximate surface area is 134 Å². The van der Waals surface area contributed by atoms with Crippen LogP contribution in [-0.2, 0) is 4.74 Å². The number of rotatable bonds is 4. The monoisotopic (exact) mass is 335 g/mol. The van der Waals surface area contributed by atoms with Crippen molar-refractivity contribution >= 4 is 33.7 Å². The first-order valence-corrected chi connectivity index (χ1v) is 8.24. The fourth-order valence-corrected chi connectivity index (χ4v) is 3.34. The molecule has 6 nitrogen and oxygen atoms in total. The summed E-state index contributed by atoms with van der Waals surface area (Å²) in [5.41, 5.74) is 2.45. The van der Waals surface area contributed by atoms with Gasteiger partial charge in [0.15, 0.2) is 16.6 Å². The van der Waals surface area contributed by atoms with Crippen LogP contribution >= 0.6 is 22.7 Å². The summed E-state index contributed by atoms with van der Waals surface area (Å²) in [6.45, 7) is 0. The number of amides is 1. The largest absolute Gasteiger partial charge is 0.504 e. The van der Waals surface area contributed by atoms with Crippen molar-refractivity contribution < 1.29 is 14.6 Å². The maximum absolute atomic E-state index is 12.0. The number of hydrogen-bond donors (Lipinski definition) is 2. The Bertz CT molecular complexity index is 734. The van der Waals surface area contributed by atoms with Crippen LogP contribution in [-0.4, -0.2) is 28.1 Å². The van der Waals surface area contributed by atoms with Crippen LogP contribution in [0.25, 0.3) is 0 Å². The molecule has 0 radical (unpaired) electrons. The Morgan fingerprint density at radius 1 is 1.50 bits per heavy atom. The molecule has 2 aromatic rings. The van der Waals surface area contributed by atoms with Crippen LogP contribution in [0.15, 0.2) is 40.8 Å². The van der Waals surface area contributed by atoms with Crippen molar-refractivity contribution in [3.8, 4) is 0 Å². The quantitative estimate of drug-likeness (QED) is 0.895. The number of aliphatic hydroxyl groups excluding tert-OH is 1. The molecule has 2 heterocycles. The molecular weight excluding hydrogens is 322 g/mol. The summed E-state index contributed by atoms with van der Waals surface area (Å²) in [4.78, 5) is 20.8. The molecule has 22 heavy (non-hydrogen) atoms. The second kappa shape index (κ2) is 6.29. The summed E-state index contributed by atoms with van der Waals surface area (Å²) in [6, 6.07) is 0. The predicted octanol–water partition coefficient (Wildman–Crippen LogP) is 3.31. The summed E-state index contributed by atoms with van der Waals surface area (Å²) in [5, 5.41) is 14.8. The van der Waals surface area contributed by atoms with E-state index in [1.54, 1.807) is 11.6 Å². The molecule has 1 atom stereocenters. The molecule has 0 bridgehead atoms. The lowest BCUT2D eigenvalue weighted by Crippen LogP contribution is -2.10. The average Bonchev–Trinajstić information content (AvgIpc) is 3.19. The van der Waals surface area contributed by atoms with Crippen LogP contribution in [0.4, 0.5) is 5.13 Å². The third kappa shape index (κ3) is 3.02. The minimum atomic E-state index is -0.210. The highest BCUT2D eigenvalue weighted by molar-refractivity contribution is 7.14. The zero-order valence-electron chi connectivity index (χ0n) is 11.6. The number of anilines is 1. The van der Waals surface area contributed by atoms with Gasteiger partial charge in [-0.1, -0.05) is 0 Å². The predicted molar refractivity (Wildman–Crippen MR) is 85.3 cm³/mol. The number of carbonyl (C=O) groups excluding carboxylic acids is 1. The van der Waals surface area contributed by atoms with Crippen LogP contribution < -0.4 is 5.32 Å². The molecule has 0 saturated heterocycles. The van der Waals surface area contributed by atoms with Gasteiger partial charge in [0.05, 0.1) is 24.5 Å². The van der Waals surface area contributed by atoms with Gasteiger partial charge in [0.1, 0.15) is 4.88 Å². The van der Waals surface area contributed by atoms with E-state index in [4.69, 9.17) is 4.74 Å². The van der Waals surface area contributed by atoms with E-state index in [0.29, 0.717) is 22.2 Å². The van der Waals surface area contributed by atoms with Crippen LogP contribution in [0.5, 0.6) is 0 Å². The molecule has 2 aromatic heterocycles. The number of carbonyl (C=O) groups is 1. The molecule has 114 valence electrons. The molecule has 8 heteroatoms. The number of thiazole rings is 2. The molecule has 1 amide bonds. The standard InChI is InChI=1S/C14H13N3O3S2/c1-20-11-4-8(2-3-10(11)18)9-6-21-14(16-9)17-13(19)12-5-15-7-22-12/h3-8,18H,2H2,1H3,(H,16,17,19). The summed E-state index contributed by atoms with van der Waals surface area (Å²) >= 11 is 2.65. The van der Waals surface area contributed by atoms with Gasteiger partial charge in [-0.25, -0.2) is 4.98 Å². The molecule has 1 aliphatic rings. The normalized spacial score (nSPS) is 17.6. The summed E-state index contributed by atoms with van der Waals surface area (Å²) in [7, 11) is 1.51. The van der Waals surface area contributed by atoms with Crippen LogP contribution in [0, 0.1) is 0 Å². The number of aliphatic hydroxyl groups is 1. The minimum Gasteiger partial charge on any atom is -0.504 e. The fraction of sp³-hybridized carbons (Fsp3) is 0.214. The molecule has 2 N–H and O–H groups in total. The lowest BCUT2D eigenvalue weighted by molar-refractivity contribution is 0.103. The fourth-order valence-electron chi connectivity index (χ4n) is 2.05. The molecule has 0 fully saturated rings. The second-order valence-electron chi connectivity index (χ2n) is 4.56. The first-order valence-electron chi connectivity index (χ1n) is 6.48. The van der Waals surface area contributed by atoms with Gasteiger partial charge < -0.3 is 9.84 Å². The van der Waals surface area contributed by atoms with E-state index in [1.807, 2.05) is 11.5 Å². The first-order chi connectivity index (χ1) is 10.7. The van der Waals surface area contributed by atoms with E-state index in [-0.39, 0.29) is 17.6 Å². The van der Waals surface area contributed by atoms with Crippen molar-refractivity contribution in [1.29, 1.82) is 0 Å². The van der Waals surface area contributed by atoms with E-state index >= 15 is 0 Å². The Hall–Kier alpha value is -2.19. The van der Waals surface area contributed by atoms with Gasteiger partial charge in [-0.05, 0) is 18.6 Å². The average molecular weight is 335 g/mol. The Morgan fingerprint density at radius 3 is 3.09 bits per heavy atom. The zero-order valence-corrected chi connectivity index (χ0v) is 13.3. The molecule has 0 aliphatic heterocycles. The molecule has 1 unspecified atom stereocenters. The second-order valence-corrected chi connectivity index (χ2v) is 6.31. The molecule has 1 aliphatic carbocycles. The van der Waals surface area contributed by atoms with Crippen LogP contribution in [0.3, 0.4) is 0 Å². The topological polar surface area (TPSA) is 84.3 Å². The van der Waals surface area contributed by atoms with Gasteiger partial charge in [-0.3, -0.25) is 15.1 Å². The van der Waals surface area contributed by atoms with Crippen molar-refractivity contribution in [3.63, 3.8) is 0 Å². The van der Waals surface area contributed by atoms with E-state index in [1.165, 1.54) is 36.0 Å². The van der Waals surface area contributed by atoms with Gasteiger partial charge in [0, 0.05) is 11.3 Å². The van der Waals surface area contributed by atoms with Gasteiger partial charge in [0.25, 0.3) is 5.91 Å². The Morgan fingerprint density at radius 2 is 2.36 bits per heavy atom. The highest BCUT2D eigenvalue weighted by Gasteiger charge is 2.20. The van der Waals surface area contributed by atoms with Crippen molar-refractivity contribution in [3.05, 3.63) is 51.3 Å². The summed E-state index contributed by atoms with van der Waals surface area (Å²) < 4.78 is 5.12. The number of methoxy groups -OCH3 is 1. The van der Waals surface area contributed by atoms with Crippen LogP contribution in [0.1, 0.15) is 27.7 Å². The van der Waals surface area contributed by atoms with Crippen molar-refractivity contribution in [2.75, 3.05) is 12.4 Å². The molecule has 0 aromatic carbocycles. The van der Waals surface area contributed by atoms with Gasteiger partial charge in [-0.2, -0.15) is 0 Å². The number of aromatic nitrogens is 2. The third-order valence-electron chi connectivity index (χ3n) is 3.17. The zero-order chi connectivity index (χ0) is 15.5. The lowest BCUT2D eigenvalue weighted by atomic mass is 9.96. The molecule has 3 rings (SSSR count). The summed E-state index contributed by atoms with van der Waals surface area (Å²) in [6.07, 6.45) is 5.71. The summed E-state index contributed by atoms with van der Waals surface area (Å²) in [5.74, 6) is 0.404. The van der Waals surface area contributed by atoms with Crippen molar-refractivity contribution in [1.82, 2.24) is 9.97 Å².